The van der Waals surface area contributed by atoms with Gasteiger partial charge >= 0.3 is 0 Å². The second kappa shape index (κ2) is 6.29. The average Bonchev–Trinajstić information content (AvgIpc) is 2.89. The lowest BCUT2D eigenvalue weighted by Gasteiger charge is -2.15. The molecular formula is C14H18N2O4. The van der Waals surface area contributed by atoms with Crippen molar-refractivity contribution in [2.45, 2.75) is 20.1 Å². The lowest BCUT2D eigenvalue weighted by atomic mass is 10.2. The van der Waals surface area contributed by atoms with E-state index in [0.29, 0.717) is 29.6 Å². The summed E-state index contributed by atoms with van der Waals surface area (Å²) in [5.74, 6) is 2.29. The molecule has 6 nitrogen and oxygen atoms in total. The van der Waals surface area contributed by atoms with Gasteiger partial charge in [-0.05, 0) is 24.6 Å². The van der Waals surface area contributed by atoms with Gasteiger partial charge in [0.25, 0.3) is 0 Å². The molecule has 1 aromatic heterocycles. The normalized spacial score (nSPS) is 10.4. The Kier molecular flexibility index (Phi) is 4.47. The molecule has 2 aromatic rings. The molecule has 2 rings (SSSR count). The van der Waals surface area contributed by atoms with Crippen molar-refractivity contribution in [1.82, 2.24) is 5.16 Å². The fraction of sp³-hybridized carbons (Fsp3) is 0.357. The van der Waals surface area contributed by atoms with Crippen LogP contribution in [0.2, 0.25) is 0 Å². The predicted molar refractivity (Wildman–Crippen MR) is 73.0 cm³/mol. The molecule has 20 heavy (non-hydrogen) atoms. The molecule has 0 saturated heterocycles. The van der Waals surface area contributed by atoms with Crippen molar-refractivity contribution in [3.8, 4) is 17.2 Å². The van der Waals surface area contributed by atoms with E-state index in [1.54, 1.807) is 14.2 Å². The monoisotopic (exact) mass is 278 g/mol. The molecule has 0 aliphatic carbocycles. The Balaban J connectivity index is 2.24. The van der Waals surface area contributed by atoms with Crippen molar-refractivity contribution in [3.05, 3.63) is 35.2 Å². The first-order valence-electron chi connectivity index (χ1n) is 6.18. The van der Waals surface area contributed by atoms with E-state index in [4.69, 9.17) is 24.5 Å². The molecule has 0 saturated carbocycles. The van der Waals surface area contributed by atoms with Crippen LogP contribution in [-0.4, -0.2) is 19.4 Å². The Labute approximate surface area is 117 Å². The van der Waals surface area contributed by atoms with Gasteiger partial charge in [0.2, 0.25) is 5.75 Å². The Morgan fingerprint density at radius 1 is 1.15 bits per heavy atom. The summed E-state index contributed by atoms with van der Waals surface area (Å²) in [5.41, 5.74) is 7.35. The van der Waals surface area contributed by atoms with Gasteiger partial charge in [-0.1, -0.05) is 5.16 Å². The number of nitrogens with zero attached hydrogens (tertiary/aromatic N) is 1. The van der Waals surface area contributed by atoms with E-state index in [-0.39, 0.29) is 6.61 Å². The Morgan fingerprint density at radius 2 is 1.80 bits per heavy atom. The maximum absolute atomic E-state index is 5.72. The van der Waals surface area contributed by atoms with E-state index in [9.17, 15) is 0 Å². The lowest BCUT2D eigenvalue weighted by molar-refractivity contribution is 0.228. The Hall–Kier alpha value is -2.21. The highest BCUT2D eigenvalue weighted by atomic mass is 16.5. The molecule has 0 aliphatic heterocycles. The van der Waals surface area contributed by atoms with E-state index in [0.717, 1.165) is 11.3 Å². The highest BCUT2D eigenvalue weighted by Gasteiger charge is 2.15. The molecule has 1 aromatic carbocycles. The van der Waals surface area contributed by atoms with Crippen LogP contribution in [0, 0.1) is 6.92 Å². The molecule has 0 atom stereocenters. The SMILES string of the molecule is COc1cc(CN)cc(OC)c1OCc1cc(C)no1. The number of nitrogens with two attached hydrogens (primary N) is 1. The topological polar surface area (TPSA) is 79.7 Å². The summed E-state index contributed by atoms with van der Waals surface area (Å²) in [6.45, 7) is 2.49. The summed E-state index contributed by atoms with van der Waals surface area (Å²) in [6, 6.07) is 5.46. The summed E-state index contributed by atoms with van der Waals surface area (Å²) in [5, 5.41) is 3.81. The van der Waals surface area contributed by atoms with Gasteiger partial charge in [0.15, 0.2) is 17.3 Å². The highest BCUT2D eigenvalue weighted by Crippen LogP contribution is 2.39. The number of benzene rings is 1. The standard InChI is InChI=1S/C14H18N2O4/c1-9-4-11(20-16-9)8-19-14-12(17-2)5-10(7-15)6-13(14)18-3/h4-6H,7-8,15H2,1-3H3. The molecular weight excluding hydrogens is 260 g/mol. The third kappa shape index (κ3) is 3.03. The zero-order valence-corrected chi connectivity index (χ0v) is 11.8. The zero-order valence-electron chi connectivity index (χ0n) is 11.8. The van der Waals surface area contributed by atoms with Crippen molar-refractivity contribution < 1.29 is 18.7 Å². The molecule has 2 N–H and O–H groups in total. The second-order valence-corrected chi connectivity index (χ2v) is 4.26. The predicted octanol–water partition coefficient (Wildman–Crippen LogP) is 2.04. The largest absolute Gasteiger partial charge is 0.493 e. The van der Waals surface area contributed by atoms with Crippen LogP contribution in [0.15, 0.2) is 22.7 Å². The van der Waals surface area contributed by atoms with Crippen LogP contribution < -0.4 is 19.9 Å². The van der Waals surface area contributed by atoms with Gasteiger partial charge in [-0.3, -0.25) is 0 Å². The number of ether oxygens (including phenoxy) is 3. The fourth-order valence-corrected chi connectivity index (χ4v) is 1.82. The van der Waals surface area contributed by atoms with E-state index in [2.05, 4.69) is 5.16 Å². The Bertz CT molecular complexity index is 555. The minimum Gasteiger partial charge on any atom is -0.493 e. The van der Waals surface area contributed by atoms with Crippen molar-refractivity contribution in [1.29, 1.82) is 0 Å². The maximum atomic E-state index is 5.72. The quantitative estimate of drug-likeness (QED) is 0.871. The first kappa shape index (κ1) is 14.2. The van der Waals surface area contributed by atoms with Crippen molar-refractivity contribution in [3.63, 3.8) is 0 Å². The molecule has 1 heterocycles. The minimum atomic E-state index is 0.246. The summed E-state index contributed by atoms with van der Waals surface area (Å²) in [6.07, 6.45) is 0. The van der Waals surface area contributed by atoms with E-state index in [1.807, 2.05) is 25.1 Å². The third-order valence-electron chi connectivity index (χ3n) is 2.79. The number of hydrogen-bond donors (Lipinski definition) is 1. The molecule has 0 unspecified atom stereocenters. The van der Waals surface area contributed by atoms with Crippen LogP contribution in [0.5, 0.6) is 17.2 Å². The number of hydrogen-bond acceptors (Lipinski definition) is 6. The minimum absolute atomic E-state index is 0.246. The van der Waals surface area contributed by atoms with Crippen molar-refractivity contribution in [2.75, 3.05) is 14.2 Å². The van der Waals surface area contributed by atoms with Gasteiger partial charge < -0.3 is 24.5 Å². The van der Waals surface area contributed by atoms with Crippen LogP contribution in [0.1, 0.15) is 17.0 Å². The zero-order chi connectivity index (χ0) is 14.5. The number of methoxy groups -OCH3 is 2. The van der Waals surface area contributed by atoms with E-state index >= 15 is 0 Å². The first-order chi connectivity index (χ1) is 9.67. The van der Waals surface area contributed by atoms with E-state index < -0.39 is 0 Å². The van der Waals surface area contributed by atoms with Crippen molar-refractivity contribution >= 4 is 0 Å². The average molecular weight is 278 g/mol. The molecule has 0 radical (unpaired) electrons. The van der Waals surface area contributed by atoms with Crippen LogP contribution in [0.3, 0.4) is 0 Å². The van der Waals surface area contributed by atoms with Gasteiger partial charge in [0, 0.05) is 12.6 Å². The number of aryl methyl sites for hydroxylation is 1. The van der Waals surface area contributed by atoms with Gasteiger partial charge in [-0.15, -0.1) is 0 Å². The first-order valence-corrected chi connectivity index (χ1v) is 6.18. The van der Waals surface area contributed by atoms with Crippen LogP contribution >= 0.6 is 0 Å². The molecule has 108 valence electrons. The van der Waals surface area contributed by atoms with Gasteiger partial charge in [0.05, 0.1) is 19.9 Å². The number of rotatable bonds is 6. The van der Waals surface area contributed by atoms with Crippen LogP contribution in [0.25, 0.3) is 0 Å². The third-order valence-corrected chi connectivity index (χ3v) is 2.79. The van der Waals surface area contributed by atoms with Crippen LogP contribution in [-0.2, 0) is 13.2 Å². The van der Waals surface area contributed by atoms with Gasteiger partial charge in [-0.25, -0.2) is 0 Å². The second-order valence-electron chi connectivity index (χ2n) is 4.26. The molecule has 0 spiro atoms. The molecule has 0 aliphatic rings. The summed E-state index contributed by atoms with van der Waals surface area (Å²) >= 11 is 0. The smallest absolute Gasteiger partial charge is 0.204 e. The summed E-state index contributed by atoms with van der Waals surface area (Å²) < 4.78 is 21.5. The summed E-state index contributed by atoms with van der Waals surface area (Å²) in [7, 11) is 3.14. The Morgan fingerprint density at radius 3 is 2.25 bits per heavy atom. The van der Waals surface area contributed by atoms with Crippen molar-refractivity contribution in [2.24, 2.45) is 5.73 Å². The maximum Gasteiger partial charge on any atom is 0.204 e. The highest BCUT2D eigenvalue weighted by molar-refractivity contribution is 5.53. The molecule has 0 bridgehead atoms. The summed E-state index contributed by atoms with van der Waals surface area (Å²) in [4.78, 5) is 0. The fourth-order valence-electron chi connectivity index (χ4n) is 1.82. The van der Waals surface area contributed by atoms with Crippen LogP contribution in [0.4, 0.5) is 0 Å². The molecule has 0 amide bonds. The number of aromatic nitrogens is 1. The van der Waals surface area contributed by atoms with Gasteiger partial charge in [0.1, 0.15) is 6.61 Å². The molecule has 0 fully saturated rings. The van der Waals surface area contributed by atoms with E-state index in [1.165, 1.54) is 0 Å². The van der Waals surface area contributed by atoms with Gasteiger partial charge in [-0.2, -0.15) is 0 Å². The molecule has 6 heteroatoms. The lowest BCUT2D eigenvalue weighted by Crippen LogP contribution is -2.03.